The lowest BCUT2D eigenvalue weighted by Crippen LogP contribution is -2.15. The van der Waals surface area contributed by atoms with Crippen LogP contribution in [-0.2, 0) is 11.2 Å². The van der Waals surface area contributed by atoms with Crippen LogP contribution in [0.4, 0.5) is 5.13 Å². The smallest absolute Gasteiger partial charge is 0.229 e. The summed E-state index contributed by atoms with van der Waals surface area (Å²) in [5, 5.41) is 4.15. The molecule has 146 valence electrons. The van der Waals surface area contributed by atoms with Gasteiger partial charge in [0.25, 0.3) is 0 Å². The largest absolute Gasteiger partial charge is 0.493 e. The molecule has 0 aliphatic rings. The number of aromatic nitrogens is 1. The van der Waals surface area contributed by atoms with Crippen LogP contribution in [0, 0.1) is 6.92 Å². The Morgan fingerprint density at radius 2 is 2.00 bits per heavy atom. The number of nitrogens with one attached hydrogen (secondary N) is 1. The fourth-order valence-electron chi connectivity index (χ4n) is 2.57. The number of benzene rings is 2. The zero-order valence-corrected chi connectivity index (χ0v) is 17.3. The Balaban J connectivity index is 1.49. The highest BCUT2D eigenvalue weighted by Gasteiger charge is 2.09. The van der Waals surface area contributed by atoms with Gasteiger partial charge >= 0.3 is 0 Å². The van der Waals surface area contributed by atoms with Crippen LogP contribution in [0.5, 0.6) is 11.5 Å². The first-order valence-electron chi connectivity index (χ1n) is 8.80. The third-order valence-corrected chi connectivity index (χ3v) is 5.39. The van der Waals surface area contributed by atoms with Gasteiger partial charge in [-0.05, 0) is 36.2 Å². The predicted octanol–water partition coefficient (Wildman–Crippen LogP) is 5.11. The van der Waals surface area contributed by atoms with Gasteiger partial charge in [-0.15, -0.1) is 11.3 Å². The van der Waals surface area contributed by atoms with Crippen LogP contribution < -0.4 is 14.8 Å². The first kappa shape index (κ1) is 20.2. The number of anilines is 1. The molecule has 0 spiro atoms. The first-order valence-corrected chi connectivity index (χ1v) is 10.00. The van der Waals surface area contributed by atoms with E-state index in [2.05, 4.69) is 10.3 Å². The fraction of sp³-hybridized carbons (Fsp3) is 0.238. The molecular weight excluding hydrogens is 396 g/mol. The number of rotatable bonds is 8. The molecule has 7 heteroatoms. The summed E-state index contributed by atoms with van der Waals surface area (Å²) in [5.41, 5.74) is 2.17. The molecule has 3 aromatic rings. The number of amides is 1. The van der Waals surface area contributed by atoms with Crippen molar-refractivity contribution in [3.05, 3.63) is 69.7 Å². The molecule has 5 nitrogen and oxygen atoms in total. The van der Waals surface area contributed by atoms with Crippen molar-refractivity contribution in [1.29, 1.82) is 0 Å². The van der Waals surface area contributed by atoms with Gasteiger partial charge < -0.3 is 14.8 Å². The van der Waals surface area contributed by atoms with Crippen molar-refractivity contribution in [3.63, 3.8) is 0 Å². The summed E-state index contributed by atoms with van der Waals surface area (Å²) in [6, 6.07) is 13.4. The van der Waals surface area contributed by atoms with E-state index < -0.39 is 0 Å². The number of hydrogen-bond acceptors (Lipinski definition) is 5. The van der Waals surface area contributed by atoms with Crippen LogP contribution >= 0.6 is 22.9 Å². The zero-order chi connectivity index (χ0) is 19.9. The summed E-state index contributed by atoms with van der Waals surface area (Å²) in [6.07, 6.45) is 2.73. The molecule has 1 N–H and O–H groups in total. The minimum absolute atomic E-state index is 0.144. The molecule has 0 aliphatic heterocycles. The lowest BCUT2D eigenvalue weighted by atomic mass is 10.1. The molecule has 0 fully saturated rings. The number of thiazole rings is 1. The lowest BCUT2D eigenvalue weighted by molar-refractivity contribution is -0.116. The van der Waals surface area contributed by atoms with Crippen molar-refractivity contribution in [2.45, 2.75) is 19.8 Å². The third kappa shape index (κ3) is 5.47. The molecule has 0 unspecified atom stereocenters. The molecule has 1 amide bonds. The van der Waals surface area contributed by atoms with Crippen LogP contribution in [0.25, 0.3) is 0 Å². The van der Waals surface area contributed by atoms with Gasteiger partial charge in [0, 0.05) is 22.5 Å². The monoisotopic (exact) mass is 416 g/mol. The topological polar surface area (TPSA) is 60.5 Å². The van der Waals surface area contributed by atoms with Gasteiger partial charge in [0.05, 0.1) is 20.1 Å². The van der Waals surface area contributed by atoms with Gasteiger partial charge in [0.15, 0.2) is 16.6 Å². The SMILES string of the molecule is COc1ccccc1OCCC(=O)Nc1ncc(Cc2ccc(C)c(Cl)c2)s1. The molecule has 3 rings (SSSR count). The van der Waals surface area contributed by atoms with E-state index >= 15 is 0 Å². The van der Waals surface area contributed by atoms with Crippen LogP contribution in [0.1, 0.15) is 22.4 Å². The summed E-state index contributed by atoms with van der Waals surface area (Å²) in [4.78, 5) is 17.5. The molecule has 0 aliphatic carbocycles. The summed E-state index contributed by atoms with van der Waals surface area (Å²) in [7, 11) is 1.58. The van der Waals surface area contributed by atoms with Crippen LogP contribution in [0.2, 0.25) is 5.02 Å². The van der Waals surface area contributed by atoms with Gasteiger partial charge in [-0.1, -0.05) is 35.9 Å². The van der Waals surface area contributed by atoms with E-state index in [4.69, 9.17) is 21.1 Å². The third-order valence-electron chi connectivity index (χ3n) is 4.07. The molecule has 0 saturated carbocycles. The second-order valence-corrected chi connectivity index (χ2v) is 7.71. The number of ether oxygens (including phenoxy) is 2. The molecular formula is C21H21ClN2O3S. The van der Waals surface area contributed by atoms with Crippen molar-refractivity contribution < 1.29 is 14.3 Å². The average Bonchev–Trinajstić information content (AvgIpc) is 3.11. The molecule has 2 aromatic carbocycles. The van der Waals surface area contributed by atoms with Crippen LogP contribution in [-0.4, -0.2) is 24.6 Å². The Bertz CT molecular complexity index is 958. The maximum atomic E-state index is 12.1. The average molecular weight is 417 g/mol. The van der Waals surface area contributed by atoms with Crippen LogP contribution in [0.3, 0.4) is 0 Å². The number of hydrogen-bond donors (Lipinski definition) is 1. The van der Waals surface area contributed by atoms with E-state index in [0.29, 0.717) is 16.6 Å². The molecule has 1 aromatic heterocycles. The highest BCUT2D eigenvalue weighted by molar-refractivity contribution is 7.15. The first-order chi connectivity index (χ1) is 13.5. The van der Waals surface area contributed by atoms with Crippen molar-refractivity contribution >= 4 is 34.0 Å². The van der Waals surface area contributed by atoms with E-state index in [1.807, 2.05) is 43.3 Å². The summed E-state index contributed by atoms with van der Waals surface area (Å²) in [5.74, 6) is 1.11. The van der Waals surface area contributed by atoms with E-state index in [0.717, 1.165) is 27.4 Å². The van der Waals surface area contributed by atoms with E-state index in [1.54, 1.807) is 19.4 Å². The minimum atomic E-state index is -0.144. The number of aryl methyl sites for hydroxylation is 1. The fourth-order valence-corrected chi connectivity index (χ4v) is 3.63. The molecule has 0 radical (unpaired) electrons. The molecule has 0 atom stereocenters. The lowest BCUT2D eigenvalue weighted by Gasteiger charge is -2.09. The number of carbonyl (C=O) groups excluding carboxylic acids is 1. The van der Waals surface area contributed by atoms with Crippen molar-refractivity contribution in [3.8, 4) is 11.5 Å². The number of halogens is 1. The standard InChI is InChI=1S/C21H21ClN2O3S/c1-14-7-8-15(12-17(14)22)11-16-13-23-21(28-16)24-20(25)9-10-27-19-6-4-3-5-18(19)26-2/h3-8,12-13H,9-11H2,1-2H3,(H,23,24,25). The maximum absolute atomic E-state index is 12.1. The maximum Gasteiger partial charge on any atom is 0.229 e. The Labute approximate surface area is 173 Å². The summed E-state index contributed by atoms with van der Waals surface area (Å²) < 4.78 is 10.8. The predicted molar refractivity (Wildman–Crippen MR) is 113 cm³/mol. The Morgan fingerprint density at radius 1 is 1.21 bits per heavy atom. The number of methoxy groups -OCH3 is 1. The number of para-hydroxylation sites is 2. The van der Waals surface area contributed by atoms with Gasteiger partial charge in [0.2, 0.25) is 5.91 Å². The van der Waals surface area contributed by atoms with E-state index in [1.165, 1.54) is 11.3 Å². The zero-order valence-electron chi connectivity index (χ0n) is 15.7. The summed E-state index contributed by atoms with van der Waals surface area (Å²) in [6.45, 7) is 2.23. The Hall–Kier alpha value is -2.57. The summed E-state index contributed by atoms with van der Waals surface area (Å²) >= 11 is 7.63. The quantitative estimate of drug-likeness (QED) is 0.554. The van der Waals surface area contributed by atoms with Gasteiger partial charge in [-0.2, -0.15) is 0 Å². The second-order valence-electron chi connectivity index (χ2n) is 6.19. The molecule has 0 saturated heterocycles. The van der Waals surface area contributed by atoms with Crippen molar-refractivity contribution in [2.24, 2.45) is 0 Å². The van der Waals surface area contributed by atoms with Gasteiger partial charge in [-0.25, -0.2) is 4.98 Å². The molecule has 1 heterocycles. The van der Waals surface area contributed by atoms with E-state index in [-0.39, 0.29) is 18.9 Å². The minimum Gasteiger partial charge on any atom is -0.493 e. The van der Waals surface area contributed by atoms with E-state index in [9.17, 15) is 4.79 Å². The van der Waals surface area contributed by atoms with Gasteiger partial charge in [0.1, 0.15) is 0 Å². The highest BCUT2D eigenvalue weighted by Crippen LogP contribution is 2.26. The number of carbonyl (C=O) groups is 1. The van der Waals surface area contributed by atoms with Crippen LogP contribution in [0.15, 0.2) is 48.7 Å². The number of nitrogens with zero attached hydrogens (tertiary/aromatic N) is 1. The second kappa shape index (κ2) is 9.57. The molecule has 0 bridgehead atoms. The van der Waals surface area contributed by atoms with Gasteiger partial charge in [-0.3, -0.25) is 4.79 Å². The van der Waals surface area contributed by atoms with Crippen molar-refractivity contribution in [1.82, 2.24) is 4.98 Å². The Morgan fingerprint density at radius 3 is 2.75 bits per heavy atom. The highest BCUT2D eigenvalue weighted by atomic mass is 35.5. The van der Waals surface area contributed by atoms with Crippen molar-refractivity contribution in [2.75, 3.05) is 19.0 Å². The normalized spacial score (nSPS) is 10.5. The molecule has 28 heavy (non-hydrogen) atoms. The Kier molecular flexibility index (Phi) is 6.90.